The first kappa shape index (κ1) is 32.1. The largest absolute Gasteiger partial charge is 0.467 e. The van der Waals surface area contributed by atoms with E-state index in [-0.39, 0.29) is 56.5 Å². The second-order valence-corrected chi connectivity index (χ2v) is 9.59. The first-order chi connectivity index (χ1) is 20.0. The number of amides is 1. The van der Waals surface area contributed by atoms with Crippen molar-refractivity contribution < 1.29 is 38.1 Å². The van der Waals surface area contributed by atoms with E-state index in [0.717, 1.165) is 32.4 Å². The molecule has 2 aliphatic rings. The summed E-state index contributed by atoms with van der Waals surface area (Å²) in [5, 5.41) is 4.29. The Balaban J connectivity index is 1.95. The number of benzene rings is 1. The zero-order chi connectivity index (χ0) is 29.3. The van der Waals surface area contributed by atoms with Gasteiger partial charge < -0.3 is 39.2 Å². The van der Waals surface area contributed by atoms with Crippen LogP contribution >= 0.6 is 0 Å². The lowest BCUT2D eigenvalue weighted by molar-refractivity contribution is -0.137. The third kappa shape index (κ3) is 11.2. The number of hydrogen-bond acceptors (Lipinski definition) is 10. The molecule has 1 aromatic carbocycles. The first-order valence-electron chi connectivity index (χ1n) is 14.3. The minimum Gasteiger partial charge on any atom is -0.467 e. The van der Waals surface area contributed by atoms with Gasteiger partial charge in [0.25, 0.3) is 5.91 Å². The third-order valence-corrected chi connectivity index (χ3v) is 6.45. The van der Waals surface area contributed by atoms with Crippen molar-refractivity contribution in [1.82, 2.24) is 4.90 Å². The summed E-state index contributed by atoms with van der Waals surface area (Å²) in [6, 6.07) is 3.13. The lowest BCUT2D eigenvalue weighted by Crippen LogP contribution is -2.37. The molecule has 0 aromatic heterocycles. The predicted molar refractivity (Wildman–Crippen MR) is 154 cm³/mol. The molecule has 2 N–H and O–H groups in total. The molecule has 1 amide bonds. The van der Waals surface area contributed by atoms with E-state index < -0.39 is 5.97 Å². The normalized spacial score (nSPS) is 20.9. The van der Waals surface area contributed by atoms with Gasteiger partial charge in [-0.05, 0) is 63.7 Å². The van der Waals surface area contributed by atoms with Gasteiger partial charge in [0.1, 0.15) is 17.1 Å². The van der Waals surface area contributed by atoms with Gasteiger partial charge in [0.2, 0.25) is 0 Å². The van der Waals surface area contributed by atoms with Crippen LogP contribution in [0.4, 0.5) is 0 Å². The number of hydrogen-bond donors (Lipinski definition) is 1. The number of fused-ring (bicyclic) bond motifs is 1. The summed E-state index contributed by atoms with van der Waals surface area (Å²) in [7, 11) is 0. The van der Waals surface area contributed by atoms with Crippen LogP contribution in [-0.4, -0.2) is 81.6 Å². The van der Waals surface area contributed by atoms with E-state index in [2.05, 4.69) is 5.16 Å². The fourth-order valence-electron chi connectivity index (χ4n) is 4.32. The molecule has 2 heterocycles. The predicted octanol–water partition coefficient (Wildman–Crippen LogP) is 3.75. The number of oxime groups is 1. The van der Waals surface area contributed by atoms with Crippen molar-refractivity contribution in [3.8, 4) is 11.5 Å². The molecule has 3 rings (SSSR count). The monoisotopic (exact) mass is 573 g/mol. The van der Waals surface area contributed by atoms with Crippen LogP contribution in [0.3, 0.4) is 0 Å². The Kier molecular flexibility index (Phi) is 14.2. The van der Waals surface area contributed by atoms with Gasteiger partial charge in [0.05, 0.1) is 12.3 Å². The molecule has 1 saturated heterocycles. The number of ether oxygens (including phenoxy) is 5. The fourth-order valence-corrected chi connectivity index (χ4v) is 4.32. The smallest absolute Gasteiger partial charge is 0.342 e. The van der Waals surface area contributed by atoms with Gasteiger partial charge in [-0.1, -0.05) is 23.4 Å². The molecule has 1 atom stereocenters. The van der Waals surface area contributed by atoms with E-state index in [4.69, 9.17) is 34.3 Å². The van der Waals surface area contributed by atoms with E-state index in [1.54, 1.807) is 23.1 Å². The molecule has 0 aliphatic carbocycles. The van der Waals surface area contributed by atoms with E-state index >= 15 is 0 Å². The highest BCUT2D eigenvalue weighted by Crippen LogP contribution is 2.31. The molecule has 2 aliphatic heterocycles. The molecule has 0 radical (unpaired) electrons. The quantitative estimate of drug-likeness (QED) is 0.138. The van der Waals surface area contributed by atoms with Crippen molar-refractivity contribution in [3.05, 3.63) is 47.6 Å². The summed E-state index contributed by atoms with van der Waals surface area (Å²) < 4.78 is 27.9. The number of cyclic esters (lactones) is 1. The number of esters is 1. The molecule has 1 aromatic rings. The van der Waals surface area contributed by atoms with E-state index in [9.17, 15) is 9.59 Å². The maximum absolute atomic E-state index is 13.4. The highest BCUT2D eigenvalue weighted by molar-refractivity contribution is 6.00. The summed E-state index contributed by atoms with van der Waals surface area (Å²) in [4.78, 5) is 33.3. The standard InChI is InChI=1S/C30H43N3O8/c1-3-36-21-39-26-18-23-17-25(32-41-20-28(34)33-14-7-5-8-15-33)13-10-12-24(31)11-6-9-16-38-30(35)29(23)27(19-26)40-22-37-4-2/h6,10-11,13,18-19,24H,3-5,7-9,12,14-17,20-22,31H2,1-2H3/b11-6+,13-10+,32-25-. The maximum Gasteiger partial charge on any atom is 0.342 e. The van der Waals surface area contributed by atoms with Crippen molar-refractivity contribution in [2.24, 2.45) is 10.9 Å². The molecule has 1 fully saturated rings. The average Bonchev–Trinajstić information content (AvgIpc) is 2.97. The van der Waals surface area contributed by atoms with Crippen molar-refractivity contribution in [1.29, 1.82) is 0 Å². The minimum atomic E-state index is -0.554. The number of nitrogens with zero attached hydrogens (tertiary/aromatic N) is 2. The van der Waals surface area contributed by atoms with Crippen LogP contribution in [0.1, 0.15) is 61.9 Å². The number of rotatable bonds is 11. The van der Waals surface area contributed by atoms with E-state index in [1.807, 2.05) is 32.1 Å². The molecule has 11 heteroatoms. The Hall–Kier alpha value is -3.41. The van der Waals surface area contributed by atoms with Gasteiger partial charge in [0.15, 0.2) is 20.2 Å². The van der Waals surface area contributed by atoms with Crippen LogP contribution in [-0.2, 0) is 30.3 Å². The van der Waals surface area contributed by atoms with Crippen molar-refractivity contribution in [2.75, 3.05) is 53.1 Å². The van der Waals surface area contributed by atoms with Crippen LogP contribution in [0.15, 0.2) is 41.6 Å². The Bertz CT molecular complexity index is 1070. The van der Waals surface area contributed by atoms with Crippen LogP contribution in [0.5, 0.6) is 11.5 Å². The van der Waals surface area contributed by atoms with Crippen LogP contribution < -0.4 is 15.2 Å². The summed E-state index contributed by atoms with van der Waals surface area (Å²) in [5.74, 6) is 0.0316. The zero-order valence-corrected chi connectivity index (χ0v) is 24.2. The summed E-state index contributed by atoms with van der Waals surface area (Å²) >= 11 is 0. The Morgan fingerprint density at radius 1 is 1.07 bits per heavy atom. The number of piperidine rings is 1. The van der Waals surface area contributed by atoms with Crippen LogP contribution in [0.2, 0.25) is 0 Å². The minimum absolute atomic E-state index is 0.0252. The fraction of sp³-hybridized carbons (Fsp3) is 0.567. The van der Waals surface area contributed by atoms with Crippen molar-refractivity contribution >= 4 is 17.6 Å². The first-order valence-corrected chi connectivity index (χ1v) is 14.3. The molecule has 41 heavy (non-hydrogen) atoms. The Morgan fingerprint density at radius 3 is 2.59 bits per heavy atom. The van der Waals surface area contributed by atoms with Gasteiger partial charge in [0, 0.05) is 44.8 Å². The molecule has 226 valence electrons. The van der Waals surface area contributed by atoms with E-state index in [1.165, 1.54) is 0 Å². The number of allylic oxidation sites excluding steroid dienone is 1. The average molecular weight is 574 g/mol. The van der Waals surface area contributed by atoms with Crippen LogP contribution in [0, 0.1) is 0 Å². The molecule has 0 bridgehead atoms. The van der Waals surface area contributed by atoms with E-state index in [0.29, 0.717) is 43.1 Å². The molecular formula is C30H43N3O8. The topological polar surface area (TPSA) is 131 Å². The molecule has 0 spiro atoms. The lowest BCUT2D eigenvalue weighted by Gasteiger charge is -2.26. The molecular weight excluding hydrogens is 530 g/mol. The molecule has 1 unspecified atom stereocenters. The molecule has 11 nitrogen and oxygen atoms in total. The number of carbonyl (C=O) groups is 2. The second kappa shape index (κ2) is 18.1. The van der Waals surface area contributed by atoms with Gasteiger partial charge in [-0.15, -0.1) is 0 Å². The van der Waals surface area contributed by atoms with Gasteiger partial charge >= 0.3 is 5.97 Å². The Labute approximate surface area is 242 Å². The number of carbonyl (C=O) groups excluding carboxylic acids is 2. The van der Waals surface area contributed by atoms with Crippen molar-refractivity contribution in [2.45, 2.75) is 58.4 Å². The maximum atomic E-state index is 13.4. The van der Waals surface area contributed by atoms with Gasteiger partial charge in [-0.2, -0.15) is 0 Å². The SMILES string of the molecule is CCOCOc1cc2c(c(OCOCC)c1)C(=O)OCC/C=C/C(N)C/C=C/C(=N/OCC(=O)N1CCCCC1)C2. The number of nitrogens with two attached hydrogens (primary N) is 1. The van der Waals surface area contributed by atoms with Crippen LogP contribution in [0.25, 0.3) is 0 Å². The highest BCUT2D eigenvalue weighted by Gasteiger charge is 2.23. The summed E-state index contributed by atoms with van der Waals surface area (Å²) in [6.07, 6.45) is 11.8. The second-order valence-electron chi connectivity index (χ2n) is 9.59. The third-order valence-electron chi connectivity index (χ3n) is 6.45. The Morgan fingerprint density at radius 2 is 1.83 bits per heavy atom. The summed E-state index contributed by atoms with van der Waals surface area (Å²) in [6.45, 7) is 6.07. The summed E-state index contributed by atoms with van der Waals surface area (Å²) in [5.41, 5.74) is 7.45. The zero-order valence-electron chi connectivity index (χ0n) is 24.2. The van der Waals surface area contributed by atoms with Gasteiger partial charge in [-0.3, -0.25) is 4.79 Å². The lowest BCUT2D eigenvalue weighted by atomic mass is 9.99. The van der Waals surface area contributed by atoms with Crippen molar-refractivity contribution in [3.63, 3.8) is 0 Å². The number of likely N-dealkylation sites (tertiary alicyclic amines) is 1. The van der Waals surface area contributed by atoms with Gasteiger partial charge in [-0.25, -0.2) is 4.79 Å². The molecule has 0 saturated carbocycles. The highest BCUT2D eigenvalue weighted by atomic mass is 16.7.